The molecule has 0 aliphatic heterocycles. The lowest BCUT2D eigenvalue weighted by Gasteiger charge is -2.22. The van der Waals surface area contributed by atoms with Crippen LogP contribution in [0.4, 0.5) is 0 Å². The largest absolute Gasteiger partial charge is 0.482 e. The van der Waals surface area contributed by atoms with Crippen LogP contribution < -0.4 is 14.8 Å². The molecule has 1 aliphatic rings. The summed E-state index contributed by atoms with van der Waals surface area (Å²) in [6.45, 7) is 1.99. The van der Waals surface area contributed by atoms with E-state index in [4.69, 9.17) is 21.1 Å². The Balaban J connectivity index is 1.95. The van der Waals surface area contributed by atoms with Crippen molar-refractivity contribution >= 4 is 27.5 Å². The molecule has 1 fully saturated rings. The van der Waals surface area contributed by atoms with E-state index in [0.29, 0.717) is 6.61 Å². The predicted octanol–water partition coefficient (Wildman–Crippen LogP) is 2.48. The Labute approximate surface area is 165 Å². The number of benzene rings is 1. The minimum atomic E-state index is -3.64. The summed E-state index contributed by atoms with van der Waals surface area (Å²) in [5.41, 5.74) is 0. The van der Waals surface area contributed by atoms with Gasteiger partial charge in [-0.1, -0.05) is 30.9 Å². The highest BCUT2D eigenvalue weighted by atomic mass is 35.5. The van der Waals surface area contributed by atoms with Gasteiger partial charge in [0.05, 0.1) is 16.5 Å². The fourth-order valence-electron chi connectivity index (χ4n) is 3.03. The molecule has 152 valence electrons. The molecule has 1 amide bonds. The van der Waals surface area contributed by atoms with Crippen LogP contribution in [0.15, 0.2) is 23.1 Å². The highest BCUT2D eigenvalue weighted by Crippen LogP contribution is 2.28. The maximum Gasteiger partial charge on any atom is 0.258 e. The average Bonchev–Trinajstić information content (AvgIpc) is 2.61. The zero-order valence-electron chi connectivity index (χ0n) is 15.7. The molecule has 1 saturated carbocycles. The number of ether oxygens (including phenoxy) is 2. The SMILES string of the molecule is COC[C@@H](C)NC(=O)COc1ccc(S(=O)(=O)NC2CCCCC2)cc1Cl. The van der Waals surface area contributed by atoms with E-state index in [9.17, 15) is 13.2 Å². The lowest BCUT2D eigenvalue weighted by Crippen LogP contribution is -2.38. The molecular formula is C18H27ClN2O5S. The van der Waals surface area contributed by atoms with Gasteiger partial charge in [-0.25, -0.2) is 13.1 Å². The van der Waals surface area contributed by atoms with Crippen LogP contribution in [0.3, 0.4) is 0 Å². The van der Waals surface area contributed by atoms with Gasteiger partial charge in [-0.05, 0) is 38.0 Å². The van der Waals surface area contributed by atoms with Crippen molar-refractivity contribution in [1.29, 1.82) is 0 Å². The van der Waals surface area contributed by atoms with Crippen LogP contribution in [0.25, 0.3) is 0 Å². The fourth-order valence-corrected chi connectivity index (χ4v) is 4.66. The Kier molecular flexibility index (Phi) is 8.34. The van der Waals surface area contributed by atoms with E-state index in [2.05, 4.69) is 10.0 Å². The zero-order valence-corrected chi connectivity index (χ0v) is 17.2. The summed E-state index contributed by atoms with van der Waals surface area (Å²) < 4.78 is 38.1. The van der Waals surface area contributed by atoms with Gasteiger partial charge in [0.15, 0.2) is 6.61 Å². The van der Waals surface area contributed by atoms with Gasteiger partial charge < -0.3 is 14.8 Å². The summed E-state index contributed by atoms with van der Waals surface area (Å²) >= 11 is 6.15. The van der Waals surface area contributed by atoms with Crippen LogP contribution in [-0.4, -0.2) is 46.7 Å². The van der Waals surface area contributed by atoms with Crippen molar-refractivity contribution in [3.05, 3.63) is 23.2 Å². The van der Waals surface area contributed by atoms with Crippen molar-refractivity contribution in [2.75, 3.05) is 20.3 Å². The number of carbonyl (C=O) groups is 1. The molecule has 27 heavy (non-hydrogen) atoms. The number of halogens is 1. The molecule has 9 heteroatoms. The minimum absolute atomic E-state index is 0.0313. The van der Waals surface area contributed by atoms with E-state index in [-0.39, 0.29) is 40.3 Å². The lowest BCUT2D eigenvalue weighted by atomic mass is 9.96. The van der Waals surface area contributed by atoms with Gasteiger partial charge in [0.25, 0.3) is 5.91 Å². The molecule has 1 atom stereocenters. The van der Waals surface area contributed by atoms with Crippen molar-refractivity contribution in [2.24, 2.45) is 0 Å². The van der Waals surface area contributed by atoms with Gasteiger partial charge in [0, 0.05) is 19.2 Å². The summed E-state index contributed by atoms with van der Waals surface area (Å²) in [5.74, 6) is -0.0610. The summed E-state index contributed by atoms with van der Waals surface area (Å²) in [4.78, 5) is 11.9. The first-order chi connectivity index (χ1) is 12.8. The third kappa shape index (κ3) is 6.95. The van der Waals surface area contributed by atoms with Crippen LogP contribution in [0.5, 0.6) is 5.75 Å². The lowest BCUT2D eigenvalue weighted by molar-refractivity contribution is -0.124. The number of rotatable bonds is 9. The number of hydrogen-bond donors (Lipinski definition) is 2. The van der Waals surface area contributed by atoms with Gasteiger partial charge in [0.2, 0.25) is 10.0 Å². The number of carbonyl (C=O) groups excluding carboxylic acids is 1. The first-order valence-electron chi connectivity index (χ1n) is 9.05. The molecule has 0 bridgehead atoms. The molecule has 1 aromatic rings. The van der Waals surface area contributed by atoms with Crippen LogP contribution in [0.1, 0.15) is 39.0 Å². The fraction of sp³-hybridized carbons (Fsp3) is 0.611. The smallest absolute Gasteiger partial charge is 0.258 e. The van der Waals surface area contributed by atoms with Gasteiger partial charge in [-0.3, -0.25) is 4.79 Å². The van der Waals surface area contributed by atoms with E-state index in [1.807, 2.05) is 6.92 Å². The monoisotopic (exact) mass is 418 g/mol. The first kappa shape index (κ1) is 21.9. The van der Waals surface area contributed by atoms with E-state index in [1.54, 1.807) is 7.11 Å². The summed E-state index contributed by atoms with van der Waals surface area (Å²) in [6, 6.07) is 4.06. The Morgan fingerprint density at radius 1 is 1.30 bits per heavy atom. The standard InChI is InChI=1S/C18H27ClN2O5S/c1-13(11-25-2)20-18(22)12-26-17-9-8-15(10-16(17)19)27(23,24)21-14-6-4-3-5-7-14/h8-10,13-14,21H,3-7,11-12H2,1-2H3,(H,20,22)/t13-/m1/s1. The van der Waals surface area contributed by atoms with Crippen LogP contribution in [0, 0.1) is 0 Å². The van der Waals surface area contributed by atoms with Gasteiger partial charge >= 0.3 is 0 Å². The number of methoxy groups -OCH3 is 1. The Morgan fingerprint density at radius 3 is 2.63 bits per heavy atom. The summed E-state index contributed by atoms with van der Waals surface area (Å²) in [7, 11) is -2.08. The number of amides is 1. The molecule has 7 nitrogen and oxygen atoms in total. The first-order valence-corrected chi connectivity index (χ1v) is 10.9. The Bertz CT molecular complexity index is 735. The topological polar surface area (TPSA) is 93.7 Å². The molecule has 0 radical (unpaired) electrons. The van der Waals surface area contributed by atoms with E-state index in [0.717, 1.165) is 32.1 Å². The molecule has 0 heterocycles. The van der Waals surface area contributed by atoms with Crippen molar-refractivity contribution in [3.63, 3.8) is 0 Å². The Hall–Kier alpha value is -1.35. The second kappa shape index (κ2) is 10.3. The van der Waals surface area contributed by atoms with Crippen molar-refractivity contribution < 1.29 is 22.7 Å². The maximum absolute atomic E-state index is 12.5. The molecule has 0 saturated heterocycles. The second-order valence-corrected chi connectivity index (χ2v) is 8.88. The highest BCUT2D eigenvalue weighted by molar-refractivity contribution is 7.89. The molecule has 0 unspecified atom stereocenters. The second-order valence-electron chi connectivity index (χ2n) is 6.76. The van der Waals surface area contributed by atoms with Gasteiger partial charge in [-0.15, -0.1) is 0 Å². The molecular weight excluding hydrogens is 392 g/mol. The number of sulfonamides is 1. The van der Waals surface area contributed by atoms with E-state index < -0.39 is 10.0 Å². The minimum Gasteiger partial charge on any atom is -0.482 e. The predicted molar refractivity (Wildman–Crippen MR) is 104 cm³/mol. The number of hydrogen-bond acceptors (Lipinski definition) is 5. The quantitative estimate of drug-likeness (QED) is 0.642. The van der Waals surface area contributed by atoms with E-state index >= 15 is 0 Å². The Morgan fingerprint density at radius 2 is 2.00 bits per heavy atom. The third-order valence-corrected chi connectivity index (χ3v) is 6.14. The molecule has 0 spiro atoms. The van der Waals surface area contributed by atoms with Crippen molar-refractivity contribution in [3.8, 4) is 5.75 Å². The molecule has 2 N–H and O–H groups in total. The van der Waals surface area contributed by atoms with Gasteiger partial charge in [0.1, 0.15) is 5.75 Å². The summed E-state index contributed by atoms with van der Waals surface area (Å²) in [6.07, 6.45) is 4.92. The van der Waals surface area contributed by atoms with Gasteiger partial charge in [-0.2, -0.15) is 0 Å². The normalized spacial score (nSPS) is 16.7. The van der Waals surface area contributed by atoms with Crippen LogP contribution in [-0.2, 0) is 19.6 Å². The van der Waals surface area contributed by atoms with Crippen molar-refractivity contribution in [1.82, 2.24) is 10.0 Å². The average molecular weight is 419 g/mol. The molecule has 2 rings (SSSR count). The maximum atomic E-state index is 12.5. The van der Waals surface area contributed by atoms with Crippen LogP contribution in [0.2, 0.25) is 5.02 Å². The van der Waals surface area contributed by atoms with Crippen LogP contribution >= 0.6 is 11.6 Å². The van der Waals surface area contributed by atoms with E-state index in [1.165, 1.54) is 18.2 Å². The highest BCUT2D eigenvalue weighted by Gasteiger charge is 2.22. The third-order valence-electron chi connectivity index (χ3n) is 4.32. The molecule has 1 aromatic carbocycles. The molecule has 1 aliphatic carbocycles. The summed E-state index contributed by atoms with van der Waals surface area (Å²) in [5, 5.41) is 2.85. The number of nitrogens with one attached hydrogen (secondary N) is 2. The van der Waals surface area contributed by atoms with Crippen molar-refractivity contribution in [2.45, 2.75) is 56.0 Å². The zero-order chi connectivity index (χ0) is 19.9. The molecule has 0 aromatic heterocycles.